The number of benzene rings is 1. The van der Waals surface area contributed by atoms with Gasteiger partial charge in [0.15, 0.2) is 0 Å². The van der Waals surface area contributed by atoms with E-state index >= 15 is 0 Å². The van der Waals surface area contributed by atoms with Crippen molar-refractivity contribution < 1.29 is 0 Å². The molecule has 1 heterocycles. The first-order valence-corrected chi connectivity index (χ1v) is 7.06. The molecule has 0 saturated heterocycles. The predicted molar refractivity (Wildman–Crippen MR) is 88.6 cm³/mol. The molecule has 2 aromatic rings. The molecule has 0 unspecified atom stereocenters. The maximum absolute atomic E-state index is 6.18. The lowest BCUT2D eigenvalue weighted by Crippen LogP contribution is -2.20. The molecule has 2 N–H and O–H groups in total. The van der Waals surface area contributed by atoms with Gasteiger partial charge in [0.05, 0.1) is 5.02 Å². The van der Waals surface area contributed by atoms with Gasteiger partial charge in [0.2, 0.25) is 0 Å². The number of hydrogen-bond donors (Lipinski definition) is 1. The highest BCUT2D eigenvalue weighted by molar-refractivity contribution is 7.80. The van der Waals surface area contributed by atoms with E-state index in [1.54, 1.807) is 0 Å². The third-order valence-corrected chi connectivity index (χ3v) is 3.68. The fourth-order valence-electron chi connectivity index (χ4n) is 1.92. The summed E-state index contributed by atoms with van der Waals surface area (Å²) >= 11 is 11.1. The molecule has 0 radical (unpaired) electrons. The van der Waals surface area contributed by atoms with E-state index in [9.17, 15) is 0 Å². The van der Waals surface area contributed by atoms with Crippen LogP contribution in [0.5, 0.6) is 0 Å². The Labute approximate surface area is 129 Å². The van der Waals surface area contributed by atoms with E-state index in [2.05, 4.69) is 9.88 Å². The molecular formula is C15H16ClN3S. The molecule has 0 atom stereocenters. The number of thiocarbonyl (C=S) groups is 1. The highest BCUT2D eigenvalue weighted by Gasteiger charge is 2.07. The first-order chi connectivity index (χ1) is 9.58. The zero-order valence-electron chi connectivity index (χ0n) is 11.2. The average molecular weight is 306 g/mol. The Morgan fingerprint density at radius 2 is 2.00 bits per heavy atom. The quantitative estimate of drug-likeness (QED) is 0.862. The highest BCUT2D eigenvalue weighted by Crippen LogP contribution is 2.23. The fourth-order valence-corrected chi connectivity index (χ4v) is 2.43. The summed E-state index contributed by atoms with van der Waals surface area (Å²) in [5.74, 6) is 0. The zero-order chi connectivity index (χ0) is 14.5. The Kier molecular flexibility index (Phi) is 4.93. The lowest BCUT2D eigenvalue weighted by Gasteiger charge is -2.20. The Bertz CT molecular complexity index is 601. The van der Waals surface area contributed by atoms with Crippen molar-refractivity contribution in [2.24, 2.45) is 5.73 Å². The van der Waals surface area contributed by atoms with E-state index in [0.717, 1.165) is 18.7 Å². The van der Waals surface area contributed by atoms with Gasteiger partial charge in [-0.15, -0.1) is 0 Å². The van der Waals surface area contributed by atoms with Crippen molar-refractivity contribution >= 4 is 34.5 Å². The first-order valence-electron chi connectivity index (χ1n) is 6.27. The Hall–Kier alpha value is -1.65. The van der Waals surface area contributed by atoms with Gasteiger partial charge in [-0.25, -0.2) is 0 Å². The molecule has 0 aliphatic rings. The summed E-state index contributed by atoms with van der Waals surface area (Å²) in [6, 6.07) is 9.78. The number of likely N-dealkylation sites (N-methyl/N-ethyl adjacent to an activating group) is 1. The van der Waals surface area contributed by atoms with Gasteiger partial charge in [-0.3, -0.25) is 4.98 Å². The molecule has 1 aromatic heterocycles. The molecule has 0 bridgehead atoms. The average Bonchev–Trinajstić information content (AvgIpc) is 2.45. The molecular weight excluding hydrogens is 290 g/mol. The molecule has 3 nitrogen and oxygen atoms in total. The van der Waals surface area contributed by atoms with Crippen molar-refractivity contribution in [2.45, 2.75) is 6.42 Å². The highest BCUT2D eigenvalue weighted by atomic mass is 35.5. The van der Waals surface area contributed by atoms with Crippen LogP contribution in [0.4, 0.5) is 5.69 Å². The second-order valence-corrected chi connectivity index (χ2v) is 5.40. The molecule has 0 aliphatic heterocycles. The van der Waals surface area contributed by atoms with Crippen LogP contribution < -0.4 is 10.6 Å². The van der Waals surface area contributed by atoms with Gasteiger partial charge >= 0.3 is 0 Å². The summed E-state index contributed by atoms with van der Waals surface area (Å²) in [6.45, 7) is 0.896. The molecule has 1 aromatic carbocycles. The van der Waals surface area contributed by atoms with Crippen LogP contribution in [0, 0.1) is 0 Å². The Morgan fingerprint density at radius 3 is 2.60 bits per heavy atom. The van der Waals surface area contributed by atoms with Crippen LogP contribution in [0.2, 0.25) is 5.02 Å². The van der Waals surface area contributed by atoms with E-state index in [-0.39, 0.29) is 0 Å². The summed E-state index contributed by atoms with van der Waals surface area (Å²) in [6.07, 6.45) is 4.57. The van der Waals surface area contributed by atoms with E-state index < -0.39 is 0 Å². The van der Waals surface area contributed by atoms with E-state index in [1.165, 1.54) is 5.56 Å². The topological polar surface area (TPSA) is 42.2 Å². The second-order valence-electron chi connectivity index (χ2n) is 4.56. The van der Waals surface area contributed by atoms with E-state index in [4.69, 9.17) is 29.6 Å². The van der Waals surface area contributed by atoms with Crippen LogP contribution in [0.3, 0.4) is 0 Å². The number of rotatable bonds is 5. The molecule has 0 spiro atoms. The van der Waals surface area contributed by atoms with Gasteiger partial charge in [0.1, 0.15) is 4.99 Å². The van der Waals surface area contributed by atoms with E-state index in [0.29, 0.717) is 15.6 Å². The van der Waals surface area contributed by atoms with Crippen molar-refractivity contribution in [1.29, 1.82) is 0 Å². The molecule has 104 valence electrons. The van der Waals surface area contributed by atoms with Gasteiger partial charge < -0.3 is 10.6 Å². The smallest absolute Gasteiger partial charge is 0.105 e. The summed E-state index contributed by atoms with van der Waals surface area (Å²) in [5.41, 5.74) is 8.63. The lowest BCUT2D eigenvalue weighted by atomic mass is 10.1. The van der Waals surface area contributed by atoms with Crippen LogP contribution in [0.1, 0.15) is 11.1 Å². The number of pyridine rings is 1. The second kappa shape index (κ2) is 6.68. The van der Waals surface area contributed by atoms with Crippen LogP contribution in [-0.2, 0) is 6.42 Å². The number of halogens is 1. The molecule has 0 saturated carbocycles. The van der Waals surface area contributed by atoms with Gasteiger partial charge in [-0.2, -0.15) is 0 Å². The largest absolute Gasteiger partial charge is 0.389 e. The molecule has 0 aliphatic carbocycles. The molecule has 2 rings (SSSR count). The van der Waals surface area contributed by atoms with Crippen LogP contribution >= 0.6 is 23.8 Å². The standard InChI is InChI=1S/C15H16ClN3S/c1-19(9-6-11-4-7-18-8-5-11)12-2-3-13(15(17)20)14(16)10-12/h2-5,7-8,10H,6,9H2,1H3,(H2,17,20). The SMILES string of the molecule is CN(CCc1ccncc1)c1ccc(C(N)=S)c(Cl)c1. The van der Waals surface area contributed by atoms with Crippen molar-refractivity contribution in [2.75, 3.05) is 18.5 Å². The number of aromatic nitrogens is 1. The summed E-state index contributed by atoms with van der Waals surface area (Å²) in [5, 5.41) is 0.589. The summed E-state index contributed by atoms with van der Waals surface area (Å²) in [7, 11) is 2.04. The van der Waals surface area contributed by atoms with E-state index in [1.807, 2.05) is 49.8 Å². The number of nitrogens with two attached hydrogens (primary N) is 1. The predicted octanol–water partition coefficient (Wildman–Crippen LogP) is 3.05. The van der Waals surface area contributed by atoms with Crippen molar-refractivity contribution in [1.82, 2.24) is 4.98 Å². The van der Waals surface area contributed by atoms with Gasteiger partial charge in [-0.05, 0) is 42.3 Å². The monoisotopic (exact) mass is 305 g/mol. The minimum atomic E-state index is 0.320. The van der Waals surface area contributed by atoms with Crippen LogP contribution in [-0.4, -0.2) is 23.6 Å². The third kappa shape index (κ3) is 3.68. The molecule has 0 fully saturated rings. The minimum absolute atomic E-state index is 0.320. The zero-order valence-corrected chi connectivity index (χ0v) is 12.8. The third-order valence-electron chi connectivity index (χ3n) is 3.14. The number of hydrogen-bond acceptors (Lipinski definition) is 3. The maximum Gasteiger partial charge on any atom is 0.105 e. The van der Waals surface area contributed by atoms with Crippen molar-refractivity contribution in [3.8, 4) is 0 Å². The number of nitrogens with zero attached hydrogens (tertiary/aromatic N) is 2. The fraction of sp³-hybridized carbons (Fsp3) is 0.200. The minimum Gasteiger partial charge on any atom is -0.389 e. The van der Waals surface area contributed by atoms with Crippen LogP contribution in [0.15, 0.2) is 42.7 Å². The van der Waals surface area contributed by atoms with Crippen molar-refractivity contribution in [3.63, 3.8) is 0 Å². The molecule has 0 amide bonds. The van der Waals surface area contributed by atoms with Crippen molar-refractivity contribution in [3.05, 3.63) is 58.9 Å². The molecule has 5 heteroatoms. The maximum atomic E-state index is 6.18. The van der Waals surface area contributed by atoms with Gasteiger partial charge in [-0.1, -0.05) is 23.8 Å². The van der Waals surface area contributed by atoms with Gasteiger partial charge in [0, 0.05) is 37.2 Å². The number of anilines is 1. The molecule has 20 heavy (non-hydrogen) atoms. The Morgan fingerprint density at radius 1 is 1.30 bits per heavy atom. The normalized spacial score (nSPS) is 10.3. The first kappa shape index (κ1) is 14.8. The van der Waals surface area contributed by atoms with Crippen LogP contribution in [0.25, 0.3) is 0 Å². The summed E-state index contributed by atoms with van der Waals surface area (Å²) < 4.78 is 0. The summed E-state index contributed by atoms with van der Waals surface area (Å²) in [4.78, 5) is 6.48. The Balaban J connectivity index is 2.04. The van der Waals surface area contributed by atoms with Gasteiger partial charge in [0.25, 0.3) is 0 Å². The lowest BCUT2D eigenvalue weighted by molar-refractivity contribution is 0.875.